The molecule has 0 aromatic heterocycles. The van der Waals surface area contributed by atoms with Crippen molar-refractivity contribution in [2.75, 3.05) is 6.61 Å². The highest BCUT2D eigenvalue weighted by Crippen LogP contribution is 2.17. The van der Waals surface area contributed by atoms with Crippen LogP contribution in [0.2, 0.25) is 0 Å². The standard InChI is InChI=1S/C10H11BrO3/c1-2-14-6-7-3-4-8(11)5-9(7)10(12)13/h3-5H,2,6H2,1H3,(H,12,13). The Balaban J connectivity index is 2.96. The number of hydrogen-bond acceptors (Lipinski definition) is 2. The fourth-order valence-electron chi connectivity index (χ4n) is 1.09. The Labute approximate surface area is 90.8 Å². The molecule has 4 heteroatoms. The van der Waals surface area contributed by atoms with E-state index in [-0.39, 0.29) is 5.56 Å². The monoisotopic (exact) mass is 258 g/mol. The number of rotatable bonds is 4. The molecule has 76 valence electrons. The molecule has 0 aliphatic heterocycles. The first kappa shape index (κ1) is 11.2. The van der Waals surface area contributed by atoms with Gasteiger partial charge < -0.3 is 9.84 Å². The van der Waals surface area contributed by atoms with Crippen molar-refractivity contribution in [1.82, 2.24) is 0 Å². The molecule has 0 unspecified atom stereocenters. The minimum Gasteiger partial charge on any atom is -0.478 e. The summed E-state index contributed by atoms with van der Waals surface area (Å²) in [7, 11) is 0. The predicted octanol–water partition coefficient (Wildman–Crippen LogP) is 2.68. The smallest absolute Gasteiger partial charge is 0.336 e. The molecular formula is C10H11BrO3. The van der Waals surface area contributed by atoms with Crippen LogP contribution in [0.25, 0.3) is 0 Å². The van der Waals surface area contributed by atoms with Crippen LogP contribution < -0.4 is 0 Å². The van der Waals surface area contributed by atoms with Crippen LogP contribution in [0.15, 0.2) is 22.7 Å². The van der Waals surface area contributed by atoms with E-state index in [2.05, 4.69) is 15.9 Å². The summed E-state index contributed by atoms with van der Waals surface area (Å²) in [4.78, 5) is 10.9. The zero-order valence-corrected chi connectivity index (χ0v) is 9.37. The van der Waals surface area contributed by atoms with Crippen molar-refractivity contribution in [3.05, 3.63) is 33.8 Å². The lowest BCUT2D eigenvalue weighted by Crippen LogP contribution is -2.04. The highest BCUT2D eigenvalue weighted by Gasteiger charge is 2.09. The Hall–Kier alpha value is -0.870. The molecule has 0 heterocycles. The van der Waals surface area contributed by atoms with Crippen molar-refractivity contribution >= 4 is 21.9 Å². The number of benzene rings is 1. The van der Waals surface area contributed by atoms with Crippen molar-refractivity contribution in [3.63, 3.8) is 0 Å². The van der Waals surface area contributed by atoms with Crippen molar-refractivity contribution < 1.29 is 14.6 Å². The Kier molecular flexibility index (Phi) is 4.10. The predicted molar refractivity (Wildman–Crippen MR) is 56.4 cm³/mol. The molecule has 0 amide bonds. The molecule has 14 heavy (non-hydrogen) atoms. The Bertz CT molecular complexity index is 336. The Morgan fingerprint density at radius 1 is 1.57 bits per heavy atom. The Morgan fingerprint density at radius 2 is 2.29 bits per heavy atom. The fraction of sp³-hybridized carbons (Fsp3) is 0.300. The zero-order valence-electron chi connectivity index (χ0n) is 7.79. The third-order valence-electron chi connectivity index (χ3n) is 1.76. The summed E-state index contributed by atoms with van der Waals surface area (Å²) in [5.41, 5.74) is 0.982. The van der Waals surface area contributed by atoms with Crippen LogP contribution in [0.4, 0.5) is 0 Å². The average molecular weight is 259 g/mol. The lowest BCUT2D eigenvalue weighted by Gasteiger charge is -2.06. The topological polar surface area (TPSA) is 46.5 Å². The molecule has 0 fully saturated rings. The molecule has 0 saturated heterocycles. The first-order valence-electron chi connectivity index (χ1n) is 4.24. The molecule has 0 radical (unpaired) electrons. The summed E-state index contributed by atoms with van der Waals surface area (Å²) < 4.78 is 5.93. The second-order valence-electron chi connectivity index (χ2n) is 2.74. The minimum atomic E-state index is -0.930. The van der Waals surface area contributed by atoms with Crippen molar-refractivity contribution in [1.29, 1.82) is 0 Å². The van der Waals surface area contributed by atoms with Gasteiger partial charge in [-0.1, -0.05) is 22.0 Å². The van der Waals surface area contributed by atoms with E-state index in [0.29, 0.717) is 18.8 Å². The van der Waals surface area contributed by atoms with Crippen LogP contribution in [0.3, 0.4) is 0 Å². The van der Waals surface area contributed by atoms with Gasteiger partial charge in [0.15, 0.2) is 0 Å². The molecule has 0 atom stereocenters. The van der Waals surface area contributed by atoms with Crippen molar-refractivity contribution in [2.24, 2.45) is 0 Å². The number of carboxylic acids is 1. The highest BCUT2D eigenvalue weighted by atomic mass is 79.9. The van der Waals surface area contributed by atoms with Crippen LogP contribution >= 0.6 is 15.9 Å². The number of aromatic carboxylic acids is 1. The van der Waals surface area contributed by atoms with Crippen molar-refractivity contribution in [3.8, 4) is 0 Å². The maximum atomic E-state index is 10.9. The largest absolute Gasteiger partial charge is 0.478 e. The quantitative estimate of drug-likeness (QED) is 0.904. The number of carboxylic acid groups (broad SMARTS) is 1. The van der Waals surface area contributed by atoms with E-state index in [1.54, 1.807) is 18.2 Å². The average Bonchev–Trinajstić information content (AvgIpc) is 2.15. The van der Waals surface area contributed by atoms with Gasteiger partial charge in [-0.25, -0.2) is 4.79 Å². The van der Waals surface area contributed by atoms with Gasteiger partial charge in [-0.15, -0.1) is 0 Å². The fourth-order valence-corrected chi connectivity index (χ4v) is 1.45. The van der Waals surface area contributed by atoms with E-state index < -0.39 is 5.97 Å². The van der Waals surface area contributed by atoms with E-state index in [9.17, 15) is 4.79 Å². The van der Waals surface area contributed by atoms with Crippen LogP contribution in [0, 0.1) is 0 Å². The lowest BCUT2D eigenvalue weighted by molar-refractivity contribution is 0.0688. The normalized spacial score (nSPS) is 10.1. The highest BCUT2D eigenvalue weighted by molar-refractivity contribution is 9.10. The maximum absolute atomic E-state index is 10.9. The second-order valence-corrected chi connectivity index (χ2v) is 3.66. The first-order chi connectivity index (χ1) is 6.65. The summed E-state index contributed by atoms with van der Waals surface area (Å²) in [5, 5.41) is 8.91. The number of hydrogen-bond donors (Lipinski definition) is 1. The zero-order chi connectivity index (χ0) is 10.6. The Morgan fingerprint density at radius 3 is 2.86 bits per heavy atom. The molecule has 3 nitrogen and oxygen atoms in total. The molecule has 1 aromatic rings. The van der Waals surface area contributed by atoms with Gasteiger partial charge in [0.2, 0.25) is 0 Å². The van der Waals surface area contributed by atoms with Gasteiger partial charge in [-0.3, -0.25) is 0 Å². The molecule has 0 bridgehead atoms. The minimum absolute atomic E-state index is 0.285. The van der Waals surface area contributed by atoms with Gasteiger partial charge in [0.1, 0.15) is 0 Å². The van der Waals surface area contributed by atoms with Gasteiger partial charge in [-0.2, -0.15) is 0 Å². The van der Waals surface area contributed by atoms with Crippen LogP contribution in [0.1, 0.15) is 22.8 Å². The molecule has 1 rings (SSSR count). The maximum Gasteiger partial charge on any atom is 0.336 e. The van der Waals surface area contributed by atoms with Crippen molar-refractivity contribution in [2.45, 2.75) is 13.5 Å². The number of halogens is 1. The third kappa shape index (κ3) is 2.82. The summed E-state index contributed by atoms with van der Waals surface area (Å²) in [6.07, 6.45) is 0. The summed E-state index contributed by atoms with van der Waals surface area (Å²) in [6.45, 7) is 2.79. The molecule has 0 aliphatic rings. The van der Waals surface area contributed by atoms with Gasteiger partial charge in [0.05, 0.1) is 12.2 Å². The summed E-state index contributed by atoms with van der Waals surface area (Å²) >= 11 is 3.23. The molecule has 0 saturated carbocycles. The van der Waals surface area contributed by atoms with E-state index in [1.807, 2.05) is 6.92 Å². The van der Waals surface area contributed by atoms with E-state index in [1.165, 1.54) is 0 Å². The molecule has 0 spiro atoms. The first-order valence-corrected chi connectivity index (χ1v) is 5.04. The van der Waals surface area contributed by atoms with Gasteiger partial charge in [0.25, 0.3) is 0 Å². The lowest BCUT2D eigenvalue weighted by atomic mass is 10.1. The number of carbonyl (C=O) groups is 1. The van der Waals surface area contributed by atoms with E-state index in [0.717, 1.165) is 4.47 Å². The molecular weight excluding hydrogens is 248 g/mol. The summed E-state index contributed by atoms with van der Waals surface area (Å²) in [6, 6.07) is 5.14. The molecule has 0 aliphatic carbocycles. The second kappa shape index (κ2) is 5.12. The molecule has 1 aromatic carbocycles. The molecule has 1 N–H and O–H groups in total. The van der Waals surface area contributed by atoms with Gasteiger partial charge in [-0.05, 0) is 24.6 Å². The van der Waals surface area contributed by atoms with Crippen LogP contribution in [-0.2, 0) is 11.3 Å². The van der Waals surface area contributed by atoms with E-state index in [4.69, 9.17) is 9.84 Å². The third-order valence-corrected chi connectivity index (χ3v) is 2.26. The summed E-state index contributed by atoms with van der Waals surface area (Å²) in [5.74, 6) is -0.930. The SMILES string of the molecule is CCOCc1ccc(Br)cc1C(=O)O. The van der Waals surface area contributed by atoms with Gasteiger partial charge >= 0.3 is 5.97 Å². The van der Waals surface area contributed by atoms with Gasteiger partial charge in [0, 0.05) is 11.1 Å². The van der Waals surface area contributed by atoms with Crippen LogP contribution in [-0.4, -0.2) is 17.7 Å². The van der Waals surface area contributed by atoms with E-state index >= 15 is 0 Å². The van der Waals surface area contributed by atoms with Crippen LogP contribution in [0.5, 0.6) is 0 Å². The number of ether oxygens (including phenoxy) is 1.